The number of aryl methyl sites for hydroxylation is 1. The second-order valence-corrected chi connectivity index (χ2v) is 6.87. The molecule has 2 aromatic heterocycles. The SMILES string of the molecule is O=C(Cn1nc2n(c1=O)CCCCC2)Nc1ccc(N2CCOCC2)cn1. The van der Waals surface area contributed by atoms with Gasteiger partial charge < -0.3 is 15.0 Å². The summed E-state index contributed by atoms with van der Waals surface area (Å²) < 4.78 is 8.28. The lowest BCUT2D eigenvalue weighted by Gasteiger charge is -2.28. The van der Waals surface area contributed by atoms with E-state index in [1.165, 1.54) is 4.68 Å². The lowest BCUT2D eigenvalue weighted by atomic mass is 10.2. The van der Waals surface area contributed by atoms with Crippen molar-refractivity contribution in [2.24, 2.45) is 0 Å². The zero-order valence-electron chi connectivity index (χ0n) is 15.3. The Labute approximate surface area is 156 Å². The summed E-state index contributed by atoms with van der Waals surface area (Å²) in [5, 5.41) is 7.07. The molecule has 1 amide bonds. The quantitative estimate of drug-likeness (QED) is 0.847. The monoisotopic (exact) mass is 372 g/mol. The van der Waals surface area contributed by atoms with Crippen molar-refractivity contribution in [3.05, 3.63) is 34.6 Å². The van der Waals surface area contributed by atoms with Crippen molar-refractivity contribution >= 4 is 17.4 Å². The molecule has 2 aromatic rings. The fourth-order valence-corrected chi connectivity index (χ4v) is 3.52. The zero-order chi connectivity index (χ0) is 18.6. The Hall–Kier alpha value is -2.68. The number of ether oxygens (including phenoxy) is 1. The molecule has 0 atom stereocenters. The minimum absolute atomic E-state index is 0.105. The third-order valence-corrected chi connectivity index (χ3v) is 4.97. The highest BCUT2D eigenvalue weighted by Gasteiger charge is 2.17. The zero-order valence-corrected chi connectivity index (χ0v) is 15.3. The Morgan fingerprint density at radius 3 is 2.78 bits per heavy atom. The van der Waals surface area contributed by atoms with Crippen LogP contribution in [0.4, 0.5) is 11.5 Å². The Morgan fingerprint density at radius 2 is 2.00 bits per heavy atom. The Balaban J connectivity index is 1.39. The number of aromatic nitrogens is 4. The number of anilines is 2. The maximum absolute atomic E-state index is 12.4. The molecule has 9 heteroatoms. The van der Waals surface area contributed by atoms with Gasteiger partial charge in [-0.2, -0.15) is 5.10 Å². The van der Waals surface area contributed by atoms with E-state index in [1.807, 2.05) is 6.07 Å². The minimum Gasteiger partial charge on any atom is -0.378 e. The third-order valence-electron chi connectivity index (χ3n) is 4.97. The second kappa shape index (κ2) is 7.91. The van der Waals surface area contributed by atoms with Gasteiger partial charge in [0.2, 0.25) is 5.91 Å². The van der Waals surface area contributed by atoms with Crippen LogP contribution in [-0.4, -0.2) is 51.5 Å². The molecule has 4 heterocycles. The number of fused-ring (bicyclic) bond motifs is 1. The largest absolute Gasteiger partial charge is 0.378 e. The van der Waals surface area contributed by atoms with Gasteiger partial charge in [-0.25, -0.2) is 14.5 Å². The topological polar surface area (TPSA) is 94.3 Å². The first-order valence-corrected chi connectivity index (χ1v) is 9.46. The molecule has 144 valence electrons. The molecule has 27 heavy (non-hydrogen) atoms. The van der Waals surface area contributed by atoms with Crippen molar-refractivity contribution in [2.75, 3.05) is 36.5 Å². The number of pyridine rings is 1. The van der Waals surface area contributed by atoms with E-state index in [1.54, 1.807) is 16.8 Å². The van der Waals surface area contributed by atoms with Gasteiger partial charge in [-0.15, -0.1) is 0 Å². The fraction of sp³-hybridized carbons (Fsp3) is 0.556. The molecular formula is C18H24N6O3. The van der Waals surface area contributed by atoms with Crippen LogP contribution in [0.25, 0.3) is 0 Å². The fourth-order valence-electron chi connectivity index (χ4n) is 3.52. The van der Waals surface area contributed by atoms with Gasteiger partial charge >= 0.3 is 5.69 Å². The van der Waals surface area contributed by atoms with E-state index in [2.05, 4.69) is 20.3 Å². The first-order valence-electron chi connectivity index (χ1n) is 9.46. The molecule has 0 aromatic carbocycles. The highest BCUT2D eigenvalue weighted by Crippen LogP contribution is 2.16. The number of carbonyl (C=O) groups excluding carboxylic acids is 1. The molecule has 0 spiro atoms. The highest BCUT2D eigenvalue weighted by atomic mass is 16.5. The average molecular weight is 372 g/mol. The van der Waals surface area contributed by atoms with Gasteiger partial charge in [-0.05, 0) is 25.0 Å². The normalized spacial score (nSPS) is 17.3. The van der Waals surface area contributed by atoms with Crippen LogP contribution in [-0.2, 0) is 29.0 Å². The van der Waals surface area contributed by atoms with Crippen molar-refractivity contribution in [3.63, 3.8) is 0 Å². The molecule has 9 nitrogen and oxygen atoms in total. The number of nitrogens with zero attached hydrogens (tertiary/aromatic N) is 5. The van der Waals surface area contributed by atoms with Crippen LogP contribution in [0.1, 0.15) is 25.1 Å². The minimum atomic E-state index is -0.308. The summed E-state index contributed by atoms with van der Waals surface area (Å²) in [6, 6.07) is 3.70. The van der Waals surface area contributed by atoms with Gasteiger partial charge in [0.1, 0.15) is 18.2 Å². The van der Waals surface area contributed by atoms with E-state index >= 15 is 0 Å². The number of hydrogen-bond acceptors (Lipinski definition) is 6. The van der Waals surface area contributed by atoms with Crippen molar-refractivity contribution in [3.8, 4) is 0 Å². The molecule has 0 aliphatic carbocycles. The second-order valence-electron chi connectivity index (χ2n) is 6.87. The van der Waals surface area contributed by atoms with Crippen LogP contribution in [0, 0.1) is 0 Å². The van der Waals surface area contributed by atoms with Gasteiger partial charge in [-0.1, -0.05) is 6.42 Å². The van der Waals surface area contributed by atoms with Crippen molar-refractivity contribution in [2.45, 2.75) is 38.8 Å². The van der Waals surface area contributed by atoms with E-state index in [4.69, 9.17) is 4.74 Å². The Kier molecular flexibility index (Phi) is 5.19. The van der Waals surface area contributed by atoms with Crippen LogP contribution in [0.3, 0.4) is 0 Å². The van der Waals surface area contributed by atoms with Crippen molar-refractivity contribution in [1.82, 2.24) is 19.3 Å². The number of amides is 1. The molecule has 1 N–H and O–H groups in total. The third kappa shape index (κ3) is 4.02. The van der Waals surface area contributed by atoms with Crippen LogP contribution >= 0.6 is 0 Å². The first-order chi connectivity index (χ1) is 13.2. The predicted octanol–water partition coefficient (Wildman–Crippen LogP) is 0.641. The summed E-state index contributed by atoms with van der Waals surface area (Å²) in [5.74, 6) is 0.932. The lowest BCUT2D eigenvalue weighted by molar-refractivity contribution is -0.117. The molecule has 0 saturated carbocycles. The molecular weight excluding hydrogens is 348 g/mol. The van der Waals surface area contributed by atoms with Crippen LogP contribution < -0.4 is 15.9 Å². The maximum atomic E-state index is 12.4. The van der Waals surface area contributed by atoms with Crippen molar-refractivity contribution in [1.29, 1.82) is 0 Å². The Morgan fingerprint density at radius 1 is 1.15 bits per heavy atom. The van der Waals surface area contributed by atoms with Gasteiger partial charge in [0.15, 0.2) is 0 Å². The summed E-state index contributed by atoms with van der Waals surface area (Å²) in [4.78, 5) is 31.2. The summed E-state index contributed by atoms with van der Waals surface area (Å²) in [6.45, 7) is 3.67. The first kappa shape index (κ1) is 17.7. The summed E-state index contributed by atoms with van der Waals surface area (Å²) in [6.07, 6.45) is 5.64. The van der Waals surface area contributed by atoms with Gasteiger partial charge in [0.25, 0.3) is 0 Å². The van der Waals surface area contributed by atoms with Gasteiger partial charge in [-0.3, -0.25) is 9.36 Å². The van der Waals surface area contributed by atoms with E-state index in [0.717, 1.165) is 50.3 Å². The molecule has 0 unspecified atom stereocenters. The standard InChI is InChI=1S/C18H24N6O3/c25-17(13-24-18(26)23-7-3-1-2-4-16(23)21-24)20-15-6-5-14(12-19-15)22-8-10-27-11-9-22/h5-6,12H,1-4,7-11,13H2,(H,19,20,25). The molecule has 1 fully saturated rings. The van der Waals surface area contributed by atoms with E-state index in [9.17, 15) is 9.59 Å². The Bertz CT molecular complexity index is 851. The van der Waals surface area contributed by atoms with Crippen LogP contribution in [0.5, 0.6) is 0 Å². The number of rotatable bonds is 4. The van der Waals surface area contributed by atoms with E-state index < -0.39 is 0 Å². The molecule has 1 saturated heterocycles. The highest BCUT2D eigenvalue weighted by molar-refractivity contribution is 5.89. The van der Waals surface area contributed by atoms with Crippen LogP contribution in [0.15, 0.2) is 23.1 Å². The molecule has 0 radical (unpaired) electrons. The number of hydrogen-bond donors (Lipinski definition) is 1. The van der Waals surface area contributed by atoms with Crippen molar-refractivity contribution < 1.29 is 9.53 Å². The smallest absolute Gasteiger partial charge is 0.346 e. The maximum Gasteiger partial charge on any atom is 0.346 e. The predicted molar refractivity (Wildman–Crippen MR) is 99.9 cm³/mol. The average Bonchev–Trinajstić information content (AvgIpc) is 2.86. The van der Waals surface area contributed by atoms with E-state index in [0.29, 0.717) is 25.6 Å². The summed E-state index contributed by atoms with van der Waals surface area (Å²) in [7, 11) is 0. The number of carbonyl (C=O) groups is 1. The molecule has 2 aliphatic rings. The summed E-state index contributed by atoms with van der Waals surface area (Å²) in [5.41, 5.74) is 0.794. The molecule has 2 aliphatic heterocycles. The van der Waals surface area contributed by atoms with Crippen LogP contribution in [0.2, 0.25) is 0 Å². The number of nitrogens with one attached hydrogen (secondary N) is 1. The van der Waals surface area contributed by atoms with E-state index in [-0.39, 0.29) is 18.1 Å². The van der Waals surface area contributed by atoms with Gasteiger partial charge in [0, 0.05) is 26.1 Å². The molecule has 4 rings (SSSR count). The molecule has 0 bridgehead atoms. The summed E-state index contributed by atoms with van der Waals surface area (Å²) >= 11 is 0. The lowest BCUT2D eigenvalue weighted by Crippen LogP contribution is -2.36. The number of morpholine rings is 1. The van der Waals surface area contributed by atoms with Gasteiger partial charge in [0.05, 0.1) is 25.1 Å².